The molecule has 102 valence electrons. The lowest BCUT2D eigenvalue weighted by Crippen LogP contribution is -2.36. The predicted octanol–water partition coefficient (Wildman–Crippen LogP) is -0.522. The first kappa shape index (κ1) is 13.1. The van der Waals surface area contributed by atoms with E-state index >= 15 is 0 Å². The molecule has 7 nitrogen and oxygen atoms in total. The first-order valence-electron chi connectivity index (χ1n) is 6.03. The van der Waals surface area contributed by atoms with Crippen LogP contribution >= 0.6 is 0 Å². The van der Waals surface area contributed by atoms with Gasteiger partial charge in [-0.2, -0.15) is 0 Å². The molecule has 0 spiro atoms. The Hall–Kier alpha value is -2.31. The van der Waals surface area contributed by atoms with Crippen LogP contribution in [0.25, 0.3) is 0 Å². The summed E-state index contributed by atoms with van der Waals surface area (Å²) in [5, 5.41) is 2.88. The lowest BCUT2D eigenvalue weighted by atomic mass is 10.2. The Bertz CT molecular complexity index is 513. The number of hydrogen-bond acceptors (Lipinski definition) is 5. The molecular weight excluding hydrogens is 246 g/mol. The van der Waals surface area contributed by atoms with E-state index in [0.29, 0.717) is 11.9 Å². The summed E-state index contributed by atoms with van der Waals surface area (Å²) in [6.07, 6.45) is 3.45. The van der Waals surface area contributed by atoms with E-state index in [2.05, 4.69) is 10.3 Å². The number of nitrogen functional groups attached to an aromatic ring is 1. The molecule has 0 radical (unpaired) electrons. The van der Waals surface area contributed by atoms with Crippen molar-refractivity contribution in [3.8, 4) is 0 Å². The minimum atomic E-state index is -0.614. The maximum absolute atomic E-state index is 11.7. The predicted molar refractivity (Wildman–Crippen MR) is 71.6 cm³/mol. The number of aromatic nitrogens is 1. The van der Waals surface area contributed by atoms with Crippen molar-refractivity contribution >= 4 is 23.3 Å². The summed E-state index contributed by atoms with van der Waals surface area (Å²) in [6, 6.07) is 1.81. The van der Waals surface area contributed by atoms with Crippen molar-refractivity contribution in [2.45, 2.75) is 18.9 Å². The molecule has 0 aliphatic heterocycles. The SMILES string of the molecule is CN(CC(=O)NC1CC1)c1cc(C(N)=O)c(N)cn1. The quantitative estimate of drug-likeness (QED) is 0.661. The van der Waals surface area contributed by atoms with Crippen LogP contribution < -0.4 is 21.7 Å². The number of likely N-dealkylation sites (N-methyl/N-ethyl adjacent to an activating group) is 1. The molecule has 7 heteroatoms. The Morgan fingerprint density at radius 2 is 2.21 bits per heavy atom. The van der Waals surface area contributed by atoms with Crippen LogP contribution in [0, 0.1) is 0 Å². The van der Waals surface area contributed by atoms with Crippen LogP contribution in [0.5, 0.6) is 0 Å². The van der Waals surface area contributed by atoms with Crippen molar-refractivity contribution in [1.29, 1.82) is 0 Å². The summed E-state index contributed by atoms with van der Waals surface area (Å²) in [5.41, 5.74) is 11.3. The van der Waals surface area contributed by atoms with Crippen molar-refractivity contribution in [1.82, 2.24) is 10.3 Å². The van der Waals surface area contributed by atoms with Gasteiger partial charge < -0.3 is 21.7 Å². The normalized spacial score (nSPS) is 13.9. The molecule has 1 fully saturated rings. The van der Waals surface area contributed by atoms with Gasteiger partial charge >= 0.3 is 0 Å². The lowest BCUT2D eigenvalue weighted by Gasteiger charge is -2.18. The third-order valence-corrected chi connectivity index (χ3v) is 2.90. The summed E-state index contributed by atoms with van der Waals surface area (Å²) in [6.45, 7) is 0.172. The standard InChI is InChI=1S/C12H17N5O2/c1-17(6-11(18)16-7-2-3-7)10-4-8(12(14)19)9(13)5-15-10/h4-5,7H,2-3,6,13H2,1H3,(H2,14,19)(H,16,18). The van der Waals surface area contributed by atoms with Crippen molar-refractivity contribution in [2.24, 2.45) is 5.73 Å². The second-order valence-corrected chi connectivity index (χ2v) is 4.69. The van der Waals surface area contributed by atoms with Crippen molar-refractivity contribution in [3.05, 3.63) is 17.8 Å². The topological polar surface area (TPSA) is 114 Å². The molecule has 1 aromatic rings. The monoisotopic (exact) mass is 263 g/mol. The molecule has 5 N–H and O–H groups in total. The summed E-state index contributed by atoms with van der Waals surface area (Å²) in [5.74, 6) is -0.199. The van der Waals surface area contributed by atoms with Gasteiger partial charge in [-0.25, -0.2) is 4.98 Å². The van der Waals surface area contributed by atoms with E-state index in [0.717, 1.165) is 12.8 Å². The number of nitrogens with one attached hydrogen (secondary N) is 1. The zero-order valence-electron chi connectivity index (χ0n) is 10.7. The smallest absolute Gasteiger partial charge is 0.250 e. The highest BCUT2D eigenvalue weighted by atomic mass is 16.2. The number of nitrogens with two attached hydrogens (primary N) is 2. The van der Waals surface area contributed by atoms with Crippen molar-refractivity contribution in [3.63, 3.8) is 0 Å². The molecule has 1 saturated carbocycles. The number of hydrogen-bond donors (Lipinski definition) is 3. The molecule has 2 amide bonds. The second kappa shape index (κ2) is 5.13. The molecule has 1 aromatic heterocycles. The van der Waals surface area contributed by atoms with E-state index < -0.39 is 5.91 Å². The highest BCUT2D eigenvalue weighted by molar-refractivity contribution is 5.98. The highest BCUT2D eigenvalue weighted by Crippen LogP contribution is 2.19. The Balaban J connectivity index is 2.05. The number of nitrogens with zero attached hydrogens (tertiary/aromatic N) is 2. The Morgan fingerprint density at radius 3 is 2.79 bits per heavy atom. The first-order valence-corrected chi connectivity index (χ1v) is 6.03. The number of primary amides is 1. The number of anilines is 2. The van der Waals surface area contributed by atoms with Gasteiger partial charge in [0.2, 0.25) is 5.91 Å². The van der Waals surface area contributed by atoms with E-state index in [9.17, 15) is 9.59 Å². The van der Waals surface area contributed by atoms with Gasteiger partial charge in [-0.15, -0.1) is 0 Å². The van der Waals surface area contributed by atoms with Gasteiger partial charge in [0.25, 0.3) is 5.91 Å². The van der Waals surface area contributed by atoms with Crippen LogP contribution in [0.1, 0.15) is 23.2 Å². The van der Waals surface area contributed by atoms with E-state index in [1.165, 1.54) is 12.3 Å². The van der Waals surface area contributed by atoms with Gasteiger partial charge in [0, 0.05) is 13.1 Å². The van der Waals surface area contributed by atoms with E-state index in [1.54, 1.807) is 11.9 Å². The fourth-order valence-electron chi connectivity index (χ4n) is 1.67. The van der Waals surface area contributed by atoms with Crippen LogP contribution in [0.2, 0.25) is 0 Å². The second-order valence-electron chi connectivity index (χ2n) is 4.69. The Labute approximate surface area is 111 Å². The van der Waals surface area contributed by atoms with Crippen LogP contribution in [-0.2, 0) is 4.79 Å². The molecule has 2 rings (SSSR count). The fraction of sp³-hybridized carbons (Fsp3) is 0.417. The number of carbonyl (C=O) groups is 2. The third kappa shape index (κ3) is 3.34. The van der Waals surface area contributed by atoms with Crippen molar-refractivity contribution < 1.29 is 9.59 Å². The maximum Gasteiger partial charge on any atom is 0.250 e. The third-order valence-electron chi connectivity index (χ3n) is 2.90. The van der Waals surface area contributed by atoms with Crippen LogP contribution in [0.4, 0.5) is 11.5 Å². The maximum atomic E-state index is 11.7. The summed E-state index contributed by atoms with van der Waals surface area (Å²) in [4.78, 5) is 28.6. The zero-order chi connectivity index (χ0) is 14.0. The van der Waals surface area contributed by atoms with E-state index in [-0.39, 0.29) is 23.7 Å². The molecule has 19 heavy (non-hydrogen) atoms. The number of pyridine rings is 1. The molecule has 1 heterocycles. The van der Waals surface area contributed by atoms with Gasteiger partial charge in [-0.3, -0.25) is 9.59 Å². The summed E-state index contributed by atoms with van der Waals surface area (Å²) in [7, 11) is 1.72. The highest BCUT2D eigenvalue weighted by Gasteiger charge is 2.23. The average molecular weight is 263 g/mol. The van der Waals surface area contributed by atoms with Gasteiger partial charge in [0.15, 0.2) is 0 Å². The molecule has 1 aliphatic rings. The largest absolute Gasteiger partial charge is 0.397 e. The summed E-state index contributed by atoms with van der Waals surface area (Å²) < 4.78 is 0. The van der Waals surface area contributed by atoms with Gasteiger partial charge in [0.1, 0.15) is 5.82 Å². The molecule has 0 unspecified atom stereocenters. The van der Waals surface area contributed by atoms with Crippen LogP contribution in [0.15, 0.2) is 12.3 Å². The summed E-state index contributed by atoms with van der Waals surface area (Å²) >= 11 is 0. The molecular formula is C12H17N5O2. The van der Waals surface area contributed by atoms with E-state index in [1.807, 2.05) is 0 Å². The molecule has 0 saturated heterocycles. The minimum absolute atomic E-state index is 0.0655. The molecule has 0 aromatic carbocycles. The lowest BCUT2D eigenvalue weighted by molar-refractivity contribution is -0.119. The van der Waals surface area contributed by atoms with Crippen LogP contribution in [-0.4, -0.2) is 36.4 Å². The Kier molecular flexibility index (Phi) is 3.55. The van der Waals surface area contributed by atoms with Gasteiger partial charge in [-0.1, -0.05) is 0 Å². The number of amides is 2. The minimum Gasteiger partial charge on any atom is -0.397 e. The van der Waals surface area contributed by atoms with Crippen molar-refractivity contribution in [2.75, 3.05) is 24.2 Å². The molecule has 1 aliphatic carbocycles. The molecule has 0 atom stereocenters. The van der Waals surface area contributed by atoms with Gasteiger partial charge in [0.05, 0.1) is 24.0 Å². The van der Waals surface area contributed by atoms with Gasteiger partial charge in [-0.05, 0) is 18.9 Å². The average Bonchev–Trinajstić information content (AvgIpc) is 3.12. The first-order chi connectivity index (χ1) is 8.97. The zero-order valence-corrected chi connectivity index (χ0v) is 10.7. The van der Waals surface area contributed by atoms with Crippen LogP contribution in [0.3, 0.4) is 0 Å². The fourth-order valence-corrected chi connectivity index (χ4v) is 1.67. The number of carbonyl (C=O) groups excluding carboxylic acids is 2. The number of rotatable bonds is 5. The Morgan fingerprint density at radius 1 is 1.53 bits per heavy atom. The van der Waals surface area contributed by atoms with E-state index in [4.69, 9.17) is 11.5 Å². The molecule has 0 bridgehead atoms.